The molecule has 8 nitrogen and oxygen atoms in total. The third-order valence-electron chi connectivity index (χ3n) is 5.86. The van der Waals surface area contributed by atoms with Gasteiger partial charge in [-0.05, 0) is 12.8 Å². The molecular weight excluding hydrogens is 450 g/mol. The number of nitrogens with zero attached hydrogens (tertiary/aromatic N) is 1. The molecule has 0 heterocycles. The Hall–Kier alpha value is -2.45. The van der Waals surface area contributed by atoms with E-state index in [0.717, 1.165) is 11.0 Å². The third-order valence-corrected chi connectivity index (χ3v) is 5.86. The first-order valence-corrected chi connectivity index (χ1v) is 12.7. The average molecular weight is 497 g/mol. The van der Waals surface area contributed by atoms with Crippen molar-refractivity contribution in [1.82, 2.24) is 0 Å². The van der Waals surface area contributed by atoms with Crippen LogP contribution in [-0.2, 0) is 20.9 Å². The Labute approximate surface area is 210 Å². The second-order valence-corrected chi connectivity index (χ2v) is 9.96. The van der Waals surface area contributed by atoms with Crippen LogP contribution in [0.4, 0.5) is 0 Å². The lowest BCUT2D eigenvalue weighted by Gasteiger charge is -2.30. The van der Waals surface area contributed by atoms with Gasteiger partial charge in [-0.3, -0.25) is 9.59 Å². The molecule has 0 fully saturated rings. The molecule has 1 aromatic rings. The summed E-state index contributed by atoms with van der Waals surface area (Å²) in [5, 5.41) is 33.8. The van der Waals surface area contributed by atoms with Crippen molar-refractivity contribution in [3.8, 4) is 0 Å². The van der Waals surface area contributed by atoms with E-state index in [1.807, 2.05) is 0 Å². The second-order valence-electron chi connectivity index (χ2n) is 9.96. The van der Waals surface area contributed by atoms with Gasteiger partial charge in [-0.1, -0.05) is 88.6 Å². The first kappa shape index (κ1) is 32.5. The topological polar surface area (TPSA) is 132 Å². The molecule has 0 radical (unpaired) electrons. The van der Waals surface area contributed by atoms with Gasteiger partial charge in [0.05, 0.1) is 33.5 Å². The Morgan fingerprint density at radius 3 is 1.57 bits per heavy atom. The number of aliphatic carboxylic acids is 3. The van der Waals surface area contributed by atoms with Gasteiger partial charge in [-0.15, -0.1) is 0 Å². The molecule has 1 aromatic carbocycles. The van der Waals surface area contributed by atoms with Gasteiger partial charge in [0.1, 0.15) is 6.54 Å². The Balaban J connectivity index is 0.000000761. The largest absolute Gasteiger partial charge is 0.481 e. The fourth-order valence-corrected chi connectivity index (χ4v) is 3.90. The number of unbranched alkanes of at least 4 members (excludes halogenated alkanes) is 9. The Morgan fingerprint density at radius 1 is 0.743 bits per heavy atom. The molecule has 35 heavy (non-hydrogen) atoms. The number of hydrogen-bond donors (Lipinski definition) is 4. The molecule has 0 saturated heterocycles. The molecule has 0 aliphatic carbocycles. The molecule has 0 aliphatic heterocycles. The van der Waals surface area contributed by atoms with E-state index in [4.69, 9.17) is 20.4 Å². The van der Waals surface area contributed by atoms with Crippen LogP contribution < -0.4 is 0 Å². The molecule has 1 rings (SSSR count). The van der Waals surface area contributed by atoms with E-state index in [1.54, 1.807) is 0 Å². The summed E-state index contributed by atoms with van der Waals surface area (Å²) in [5.74, 6) is -5.02. The molecule has 0 amide bonds. The maximum Gasteiger partial charge on any atom is 0.336 e. The van der Waals surface area contributed by atoms with E-state index < -0.39 is 36.4 Å². The van der Waals surface area contributed by atoms with E-state index >= 15 is 0 Å². The highest BCUT2D eigenvalue weighted by atomic mass is 16.4. The van der Waals surface area contributed by atoms with E-state index in [0.29, 0.717) is 0 Å². The normalized spacial score (nSPS) is 11.4. The number of carbonyl (C=O) groups is 3. The monoisotopic (exact) mass is 496 g/mol. The van der Waals surface area contributed by atoms with Crippen molar-refractivity contribution in [1.29, 1.82) is 0 Å². The highest BCUT2D eigenvalue weighted by Gasteiger charge is 2.40. The van der Waals surface area contributed by atoms with Crippen LogP contribution in [0.1, 0.15) is 89.5 Å². The predicted molar refractivity (Wildman–Crippen MR) is 136 cm³/mol. The van der Waals surface area contributed by atoms with Crippen LogP contribution in [0.15, 0.2) is 30.3 Å². The van der Waals surface area contributed by atoms with Gasteiger partial charge in [0.2, 0.25) is 0 Å². The zero-order chi connectivity index (χ0) is 26.7. The standard InChI is InChI=1S/C21H38N.C6H8O7/c1-4-5-6-7-8-9-10-11-12-16-19-22(2,3)20-21-17-14-13-15-18-21;7-3(8)1-6(13,5(11)12)2-4(9)10/h13-15,17-18H,4-12,16,19-20H2,1-3H3;13H,1-2H2,(H,7,8)(H,9,10)(H,11,12)/q+1;. The summed E-state index contributed by atoms with van der Waals surface area (Å²) in [4.78, 5) is 30.5. The van der Waals surface area contributed by atoms with Crippen molar-refractivity contribution < 1.29 is 39.3 Å². The Bertz CT molecular complexity index is 718. The summed E-state index contributed by atoms with van der Waals surface area (Å²) >= 11 is 0. The van der Waals surface area contributed by atoms with Crippen molar-refractivity contribution in [3.63, 3.8) is 0 Å². The number of quaternary nitrogens is 1. The van der Waals surface area contributed by atoms with E-state index in [2.05, 4.69) is 51.4 Å². The molecule has 0 saturated carbocycles. The van der Waals surface area contributed by atoms with Gasteiger partial charge in [-0.25, -0.2) is 4.79 Å². The van der Waals surface area contributed by atoms with E-state index in [-0.39, 0.29) is 0 Å². The van der Waals surface area contributed by atoms with Crippen LogP contribution >= 0.6 is 0 Å². The molecule has 200 valence electrons. The molecule has 0 unspecified atom stereocenters. The highest BCUT2D eigenvalue weighted by molar-refractivity contribution is 5.88. The average Bonchev–Trinajstić information content (AvgIpc) is 2.74. The minimum absolute atomic E-state index is 1.11. The molecule has 4 N–H and O–H groups in total. The van der Waals surface area contributed by atoms with Crippen molar-refractivity contribution in [3.05, 3.63) is 35.9 Å². The molecule has 8 heteroatoms. The maximum absolute atomic E-state index is 10.3. The summed E-state index contributed by atoms with van der Waals surface area (Å²) in [6.45, 7) is 4.74. The van der Waals surface area contributed by atoms with Crippen LogP contribution in [0.2, 0.25) is 0 Å². The molecule has 0 aromatic heterocycles. The first-order valence-electron chi connectivity index (χ1n) is 12.7. The lowest BCUT2D eigenvalue weighted by atomic mass is 9.96. The molecule has 0 spiro atoms. The van der Waals surface area contributed by atoms with Crippen molar-refractivity contribution in [2.75, 3.05) is 20.6 Å². The summed E-state index contributed by atoms with van der Waals surface area (Å²) in [6.07, 6.45) is 11.9. The van der Waals surface area contributed by atoms with Gasteiger partial charge in [0.15, 0.2) is 5.60 Å². The van der Waals surface area contributed by atoms with E-state index in [1.165, 1.54) is 76.3 Å². The molecule has 0 aliphatic rings. The SMILES string of the molecule is CCCCCCCCCCCC[N+](C)(C)Cc1ccccc1.O=C(O)CC(O)(CC(=O)O)C(=O)O. The van der Waals surface area contributed by atoms with Crippen LogP contribution in [0.3, 0.4) is 0 Å². The van der Waals surface area contributed by atoms with E-state index in [9.17, 15) is 14.4 Å². The van der Waals surface area contributed by atoms with Crippen LogP contribution in [0, 0.1) is 0 Å². The van der Waals surface area contributed by atoms with Crippen LogP contribution in [-0.4, -0.2) is 69.1 Å². The summed E-state index contributed by atoms with van der Waals surface area (Å²) in [6, 6.07) is 10.9. The number of carboxylic acid groups (broad SMARTS) is 3. The second kappa shape index (κ2) is 17.9. The van der Waals surface area contributed by atoms with Crippen molar-refractivity contribution in [2.24, 2.45) is 0 Å². The number of hydrogen-bond acceptors (Lipinski definition) is 4. The van der Waals surface area contributed by atoms with Crippen LogP contribution in [0.25, 0.3) is 0 Å². The highest BCUT2D eigenvalue weighted by Crippen LogP contribution is 2.16. The number of carboxylic acids is 3. The molecule has 0 bridgehead atoms. The Kier molecular flexibility index (Phi) is 16.7. The van der Waals surface area contributed by atoms with Gasteiger partial charge < -0.3 is 24.9 Å². The van der Waals surface area contributed by atoms with Crippen molar-refractivity contribution in [2.45, 2.75) is 96.1 Å². The van der Waals surface area contributed by atoms with Gasteiger partial charge in [-0.2, -0.15) is 0 Å². The van der Waals surface area contributed by atoms with Crippen molar-refractivity contribution >= 4 is 17.9 Å². The minimum Gasteiger partial charge on any atom is -0.481 e. The first-order chi connectivity index (χ1) is 16.4. The predicted octanol–water partition coefficient (Wildman–Crippen LogP) is 4.94. The lowest BCUT2D eigenvalue weighted by Crippen LogP contribution is -2.42. The van der Waals surface area contributed by atoms with Gasteiger partial charge in [0.25, 0.3) is 0 Å². The zero-order valence-electron chi connectivity index (χ0n) is 21.7. The zero-order valence-corrected chi connectivity index (χ0v) is 21.7. The molecule has 0 atom stereocenters. The summed E-state index contributed by atoms with van der Waals surface area (Å²) in [7, 11) is 4.72. The van der Waals surface area contributed by atoms with Gasteiger partial charge in [0, 0.05) is 5.56 Å². The maximum atomic E-state index is 10.3. The number of aliphatic hydroxyl groups is 1. The lowest BCUT2D eigenvalue weighted by molar-refractivity contribution is -0.903. The van der Waals surface area contributed by atoms with Crippen LogP contribution in [0.5, 0.6) is 0 Å². The summed E-state index contributed by atoms with van der Waals surface area (Å²) in [5.41, 5.74) is -1.28. The smallest absolute Gasteiger partial charge is 0.336 e. The third kappa shape index (κ3) is 17.6. The quantitative estimate of drug-likeness (QED) is 0.167. The summed E-state index contributed by atoms with van der Waals surface area (Å²) < 4.78 is 1.11. The van der Waals surface area contributed by atoms with Gasteiger partial charge >= 0.3 is 17.9 Å². The fourth-order valence-electron chi connectivity index (χ4n) is 3.90. The number of rotatable bonds is 18. The number of benzene rings is 1. The fraction of sp³-hybridized carbons (Fsp3) is 0.667. The molecular formula is C27H46NO7+. The minimum atomic E-state index is -2.74. The Morgan fingerprint density at radius 2 is 1.17 bits per heavy atom.